The number of anilines is 1. The molecule has 2 rings (SSSR count). The van der Waals surface area contributed by atoms with Gasteiger partial charge in [-0.2, -0.15) is 5.26 Å². The number of carbonyl (C=O) groups excluding carboxylic acids is 2. The molecule has 1 saturated carbocycles. The van der Waals surface area contributed by atoms with E-state index in [9.17, 15) is 9.59 Å². The quantitative estimate of drug-likeness (QED) is 0.492. The van der Waals surface area contributed by atoms with E-state index in [1.807, 2.05) is 6.19 Å². The van der Waals surface area contributed by atoms with Crippen molar-refractivity contribution < 1.29 is 9.59 Å². The number of nitrogen functional groups attached to an aromatic ring is 1. The average Bonchev–Trinajstić information content (AvgIpc) is 2.61. The van der Waals surface area contributed by atoms with E-state index in [4.69, 9.17) is 11.0 Å². The van der Waals surface area contributed by atoms with Crippen LogP contribution in [0, 0.1) is 17.4 Å². The Morgan fingerprint density at radius 3 is 2.50 bits per heavy atom. The van der Waals surface area contributed by atoms with Crippen molar-refractivity contribution in [2.75, 3.05) is 12.8 Å². The lowest BCUT2D eigenvalue weighted by molar-refractivity contribution is -0.129. The molecular formula is C18H24N4O2. The Morgan fingerprint density at radius 2 is 1.92 bits per heavy atom. The summed E-state index contributed by atoms with van der Waals surface area (Å²) in [4.78, 5) is 25.8. The van der Waals surface area contributed by atoms with E-state index in [1.165, 1.54) is 13.5 Å². The molecule has 0 heterocycles. The Balaban J connectivity index is 2.09. The Labute approximate surface area is 142 Å². The summed E-state index contributed by atoms with van der Waals surface area (Å²) in [6, 6.07) is 5.87. The summed E-state index contributed by atoms with van der Waals surface area (Å²) >= 11 is 0. The van der Waals surface area contributed by atoms with Crippen molar-refractivity contribution >= 4 is 17.5 Å². The largest absolute Gasteiger partial charge is 0.399 e. The smallest absolute Gasteiger partial charge is 0.257 e. The van der Waals surface area contributed by atoms with E-state index < -0.39 is 6.04 Å². The summed E-state index contributed by atoms with van der Waals surface area (Å²) in [6.07, 6.45) is 8.07. The Kier molecular flexibility index (Phi) is 6.19. The van der Waals surface area contributed by atoms with Gasteiger partial charge in [0.15, 0.2) is 6.19 Å². The Morgan fingerprint density at radius 1 is 1.29 bits per heavy atom. The summed E-state index contributed by atoms with van der Waals surface area (Å²) in [7, 11) is 1.42. The topological polar surface area (TPSA) is 99.2 Å². The number of hydrogen-bond donors (Lipinski definition) is 2. The van der Waals surface area contributed by atoms with Crippen molar-refractivity contribution in [1.29, 1.82) is 5.26 Å². The maximum atomic E-state index is 12.4. The first kappa shape index (κ1) is 17.8. The van der Waals surface area contributed by atoms with Crippen molar-refractivity contribution in [2.24, 2.45) is 5.92 Å². The number of nitriles is 1. The van der Waals surface area contributed by atoms with Crippen LogP contribution in [0.1, 0.15) is 48.9 Å². The number of carbonyl (C=O) groups is 2. The van der Waals surface area contributed by atoms with Gasteiger partial charge in [0.25, 0.3) is 11.8 Å². The zero-order valence-corrected chi connectivity index (χ0v) is 14.0. The van der Waals surface area contributed by atoms with Crippen LogP contribution in [0.5, 0.6) is 0 Å². The number of benzene rings is 1. The molecule has 0 bridgehead atoms. The summed E-state index contributed by atoms with van der Waals surface area (Å²) < 4.78 is 0. The second-order valence-electron chi connectivity index (χ2n) is 6.39. The van der Waals surface area contributed by atoms with Crippen molar-refractivity contribution in [1.82, 2.24) is 10.2 Å². The molecule has 0 aromatic heterocycles. The van der Waals surface area contributed by atoms with Crippen LogP contribution in [0.4, 0.5) is 5.69 Å². The maximum absolute atomic E-state index is 12.4. The number of rotatable bonds is 5. The van der Waals surface area contributed by atoms with E-state index in [2.05, 4.69) is 5.32 Å². The average molecular weight is 328 g/mol. The molecule has 1 aliphatic carbocycles. The van der Waals surface area contributed by atoms with Gasteiger partial charge in [-0.1, -0.05) is 32.1 Å². The van der Waals surface area contributed by atoms with Crippen LogP contribution in [-0.4, -0.2) is 29.8 Å². The third-order valence-electron chi connectivity index (χ3n) is 4.55. The number of amides is 2. The van der Waals surface area contributed by atoms with Crippen molar-refractivity contribution in [3.8, 4) is 6.19 Å². The molecule has 0 aliphatic heterocycles. The number of nitrogens with two attached hydrogens (primary N) is 1. The van der Waals surface area contributed by atoms with Crippen LogP contribution in [0.2, 0.25) is 0 Å². The third kappa shape index (κ3) is 4.72. The van der Waals surface area contributed by atoms with Crippen molar-refractivity contribution in [3.63, 3.8) is 0 Å². The van der Waals surface area contributed by atoms with E-state index in [0.717, 1.165) is 30.6 Å². The predicted octanol–water partition coefficient (Wildman–Crippen LogP) is 2.28. The molecule has 1 atom stereocenters. The molecule has 3 N–H and O–H groups in total. The van der Waals surface area contributed by atoms with Crippen LogP contribution in [0.25, 0.3) is 0 Å². The molecule has 0 spiro atoms. The third-order valence-corrected chi connectivity index (χ3v) is 4.55. The minimum Gasteiger partial charge on any atom is -0.399 e. The standard InChI is InChI=1S/C18H24N4O2/c1-22(12-19)18(24)16(11-13-5-3-2-4-6-13)21-17(23)14-7-9-15(20)10-8-14/h7-10,13,16H,2-6,11,20H2,1H3,(H,21,23)/t16-/m0/s1. The van der Waals surface area contributed by atoms with Crippen molar-refractivity contribution in [3.05, 3.63) is 29.8 Å². The fraction of sp³-hybridized carbons (Fsp3) is 0.500. The van der Waals surface area contributed by atoms with Gasteiger partial charge in [-0.15, -0.1) is 0 Å². The molecule has 1 aromatic carbocycles. The fourth-order valence-electron chi connectivity index (χ4n) is 3.14. The second-order valence-corrected chi connectivity index (χ2v) is 6.39. The van der Waals surface area contributed by atoms with Gasteiger partial charge in [-0.3, -0.25) is 14.5 Å². The van der Waals surface area contributed by atoms with Gasteiger partial charge >= 0.3 is 0 Å². The first-order valence-electron chi connectivity index (χ1n) is 8.35. The predicted molar refractivity (Wildman–Crippen MR) is 91.7 cm³/mol. The molecule has 128 valence electrons. The van der Waals surface area contributed by atoms with Gasteiger partial charge in [0.2, 0.25) is 0 Å². The molecule has 24 heavy (non-hydrogen) atoms. The van der Waals surface area contributed by atoms with Crippen molar-refractivity contribution in [2.45, 2.75) is 44.6 Å². The second kappa shape index (κ2) is 8.34. The summed E-state index contributed by atoms with van der Waals surface area (Å²) in [5.74, 6) is -0.283. The molecule has 1 fully saturated rings. The fourth-order valence-corrected chi connectivity index (χ4v) is 3.14. The number of nitrogens with one attached hydrogen (secondary N) is 1. The summed E-state index contributed by atoms with van der Waals surface area (Å²) in [6.45, 7) is 0. The van der Waals surface area contributed by atoms with Gasteiger partial charge in [0.1, 0.15) is 6.04 Å². The number of hydrogen-bond acceptors (Lipinski definition) is 4. The van der Waals surface area contributed by atoms with Crippen LogP contribution in [0.15, 0.2) is 24.3 Å². The minimum atomic E-state index is -0.678. The highest BCUT2D eigenvalue weighted by Crippen LogP contribution is 2.27. The minimum absolute atomic E-state index is 0.324. The van der Waals surface area contributed by atoms with Crippen LogP contribution in [0.3, 0.4) is 0 Å². The van der Waals surface area contributed by atoms with E-state index >= 15 is 0 Å². The molecule has 1 aliphatic rings. The zero-order valence-electron chi connectivity index (χ0n) is 14.0. The van der Waals surface area contributed by atoms with Gasteiger partial charge in [0, 0.05) is 18.3 Å². The number of nitrogens with zero attached hydrogens (tertiary/aromatic N) is 2. The molecule has 0 unspecified atom stereocenters. The Bertz CT molecular complexity index is 615. The highest BCUT2D eigenvalue weighted by molar-refractivity contribution is 5.97. The maximum Gasteiger partial charge on any atom is 0.257 e. The van der Waals surface area contributed by atoms with Crippen LogP contribution in [-0.2, 0) is 4.79 Å². The summed E-state index contributed by atoms with van der Waals surface area (Å²) in [5.41, 5.74) is 6.65. The van der Waals surface area contributed by atoms with E-state index in [1.54, 1.807) is 24.3 Å². The summed E-state index contributed by atoms with van der Waals surface area (Å²) in [5, 5.41) is 11.8. The first-order chi connectivity index (χ1) is 11.5. The van der Waals surface area contributed by atoms with Gasteiger partial charge in [0.05, 0.1) is 0 Å². The molecular weight excluding hydrogens is 304 g/mol. The number of likely N-dealkylation sites (N-methyl/N-ethyl adjacent to an activating group) is 1. The molecule has 0 saturated heterocycles. The van der Waals surface area contributed by atoms with Crippen LogP contribution < -0.4 is 11.1 Å². The lowest BCUT2D eigenvalue weighted by Gasteiger charge is -2.27. The van der Waals surface area contributed by atoms with E-state index in [-0.39, 0.29) is 11.8 Å². The van der Waals surface area contributed by atoms with Gasteiger partial charge < -0.3 is 11.1 Å². The molecule has 2 amide bonds. The molecule has 0 radical (unpaired) electrons. The lowest BCUT2D eigenvalue weighted by atomic mass is 9.84. The monoisotopic (exact) mass is 328 g/mol. The molecule has 1 aromatic rings. The van der Waals surface area contributed by atoms with Crippen LogP contribution >= 0.6 is 0 Å². The Hall–Kier alpha value is -2.55. The zero-order chi connectivity index (χ0) is 17.5. The highest BCUT2D eigenvalue weighted by atomic mass is 16.2. The normalized spacial score (nSPS) is 16.0. The lowest BCUT2D eigenvalue weighted by Crippen LogP contribution is -2.47. The SMILES string of the molecule is CN(C#N)C(=O)[C@H](CC1CCCCC1)NC(=O)c1ccc(N)cc1. The van der Waals surface area contributed by atoms with Gasteiger partial charge in [-0.05, 0) is 36.6 Å². The van der Waals surface area contributed by atoms with E-state index in [0.29, 0.717) is 23.6 Å². The molecule has 6 heteroatoms. The molecule has 6 nitrogen and oxygen atoms in total. The van der Waals surface area contributed by atoms with Gasteiger partial charge in [-0.25, -0.2) is 0 Å². The highest BCUT2D eigenvalue weighted by Gasteiger charge is 2.28. The first-order valence-corrected chi connectivity index (χ1v) is 8.35.